The first kappa shape index (κ1) is 23.2. The zero-order valence-corrected chi connectivity index (χ0v) is 17.2. The summed E-state index contributed by atoms with van der Waals surface area (Å²) in [5.74, 6) is 0.145. The van der Waals surface area contributed by atoms with Gasteiger partial charge in [0.05, 0.1) is 6.04 Å². The van der Waals surface area contributed by atoms with E-state index in [-0.39, 0.29) is 36.3 Å². The summed E-state index contributed by atoms with van der Waals surface area (Å²) in [6.45, 7) is 4.65. The molecule has 2 amide bonds. The van der Waals surface area contributed by atoms with Crippen molar-refractivity contribution in [1.29, 1.82) is 0 Å². The van der Waals surface area contributed by atoms with Crippen molar-refractivity contribution in [2.75, 3.05) is 19.6 Å². The molecule has 0 spiro atoms. The van der Waals surface area contributed by atoms with Gasteiger partial charge in [0.25, 0.3) is 0 Å². The average Bonchev–Trinajstić information content (AvgIpc) is 2.49. The number of nitrogens with zero attached hydrogens (tertiary/aromatic N) is 1. The number of rotatable bonds is 13. The van der Waals surface area contributed by atoms with Gasteiger partial charge in [0.15, 0.2) is 0 Å². The van der Waals surface area contributed by atoms with Crippen LogP contribution in [0.3, 0.4) is 0 Å². The lowest BCUT2D eigenvalue weighted by molar-refractivity contribution is -0.150. The van der Waals surface area contributed by atoms with Gasteiger partial charge in [0, 0.05) is 13.1 Å². The van der Waals surface area contributed by atoms with Gasteiger partial charge in [-0.3, -0.25) is 9.59 Å². The Morgan fingerprint density at radius 1 is 0.962 bits per heavy atom. The van der Waals surface area contributed by atoms with Crippen LogP contribution >= 0.6 is 12.4 Å². The smallest absolute Gasteiger partial charge is 0.242 e. The summed E-state index contributed by atoms with van der Waals surface area (Å²) in [6.07, 6.45) is 14.7. The molecule has 2 unspecified atom stereocenters. The van der Waals surface area contributed by atoms with E-state index in [0.717, 1.165) is 38.9 Å². The topological polar surface area (TPSA) is 61.4 Å². The van der Waals surface area contributed by atoms with Crippen LogP contribution in [-0.4, -0.2) is 48.4 Å². The molecule has 2 fully saturated rings. The molecule has 0 aliphatic carbocycles. The number of amides is 2. The monoisotopic (exact) mass is 387 g/mol. The van der Waals surface area contributed by atoms with E-state index in [1.807, 2.05) is 0 Å². The molecule has 0 aromatic heterocycles. The highest BCUT2D eigenvalue weighted by Crippen LogP contribution is 2.21. The second-order valence-corrected chi connectivity index (χ2v) is 7.60. The number of carbonyl (C=O) groups is 2. The zero-order valence-electron chi connectivity index (χ0n) is 16.4. The number of nitrogens with one attached hydrogen (secondary N) is 2. The van der Waals surface area contributed by atoms with Crippen LogP contribution < -0.4 is 10.6 Å². The molecule has 152 valence electrons. The molecule has 2 saturated heterocycles. The maximum absolute atomic E-state index is 12.2. The van der Waals surface area contributed by atoms with Crippen molar-refractivity contribution in [3.8, 4) is 0 Å². The quantitative estimate of drug-likeness (QED) is 0.476. The molecule has 0 bridgehead atoms. The first-order valence-electron chi connectivity index (χ1n) is 10.6. The summed E-state index contributed by atoms with van der Waals surface area (Å²) in [6, 6.07) is -0.268. The standard InChI is InChI=1S/C20H37N3O2.ClH/c1-2-3-4-5-6-7-8-9-10-11-14-22-19(24)18-13-16-23(18)20(25)17-12-15-21-17;/h17-18,21H,2-16H2,1H3,(H,22,24);1H. The molecule has 0 aromatic rings. The second kappa shape index (κ2) is 13.4. The number of likely N-dealkylation sites (tertiary alicyclic amines) is 1. The highest BCUT2D eigenvalue weighted by molar-refractivity contribution is 5.91. The summed E-state index contributed by atoms with van der Waals surface area (Å²) >= 11 is 0. The Kier molecular flexibility index (Phi) is 11.9. The summed E-state index contributed by atoms with van der Waals surface area (Å²) in [5.41, 5.74) is 0. The summed E-state index contributed by atoms with van der Waals surface area (Å²) in [4.78, 5) is 26.1. The van der Waals surface area contributed by atoms with Gasteiger partial charge in [0.1, 0.15) is 6.04 Å². The van der Waals surface area contributed by atoms with Crippen molar-refractivity contribution in [2.24, 2.45) is 0 Å². The van der Waals surface area contributed by atoms with Crippen LogP contribution in [-0.2, 0) is 9.59 Å². The van der Waals surface area contributed by atoms with Crippen molar-refractivity contribution in [3.63, 3.8) is 0 Å². The third kappa shape index (κ3) is 7.43. The zero-order chi connectivity index (χ0) is 17.9. The normalized spacial score (nSPS) is 21.3. The van der Waals surface area contributed by atoms with E-state index in [2.05, 4.69) is 17.6 Å². The minimum Gasteiger partial charge on any atom is -0.354 e. The molecule has 2 heterocycles. The van der Waals surface area contributed by atoms with E-state index in [9.17, 15) is 9.59 Å². The third-order valence-electron chi connectivity index (χ3n) is 5.56. The minimum atomic E-state index is -0.224. The Morgan fingerprint density at radius 2 is 1.54 bits per heavy atom. The van der Waals surface area contributed by atoms with Gasteiger partial charge >= 0.3 is 0 Å². The summed E-state index contributed by atoms with van der Waals surface area (Å²) in [7, 11) is 0. The number of hydrogen-bond acceptors (Lipinski definition) is 3. The van der Waals surface area contributed by atoms with Crippen molar-refractivity contribution < 1.29 is 9.59 Å². The average molecular weight is 388 g/mol. The molecule has 5 nitrogen and oxygen atoms in total. The van der Waals surface area contributed by atoms with Gasteiger partial charge in [-0.25, -0.2) is 0 Å². The third-order valence-corrected chi connectivity index (χ3v) is 5.56. The van der Waals surface area contributed by atoms with Crippen LogP contribution in [0, 0.1) is 0 Å². The van der Waals surface area contributed by atoms with Gasteiger partial charge in [0.2, 0.25) is 11.8 Å². The molecule has 2 aliphatic heterocycles. The Morgan fingerprint density at radius 3 is 2.00 bits per heavy atom. The van der Waals surface area contributed by atoms with Gasteiger partial charge in [-0.15, -0.1) is 12.4 Å². The molecule has 0 aromatic carbocycles. The highest BCUT2D eigenvalue weighted by Gasteiger charge is 2.41. The molecule has 26 heavy (non-hydrogen) atoms. The van der Waals surface area contributed by atoms with E-state index < -0.39 is 0 Å². The Balaban J connectivity index is 0.00000338. The van der Waals surface area contributed by atoms with E-state index in [0.29, 0.717) is 0 Å². The largest absolute Gasteiger partial charge is 0.354 e. The Hall–Kier alpha value is -0.810. The van der Waals surface area contributed by atoms with Crippen molar-refractivity contribution in [3.05, 3.63) is 0 Å². The molecule has 2 N–H and O–H groups in total. The molecule has 6 heteroatoms. The van der Waals surface area contributed by atoms with Gasteiger partial charge < -0.3 is 15.5 Å². The SMILES string of the molecule is CCCCCCCCCCCCNC(=O)C1CCN1C(=O)C1CCN1.Cl. The molecule has 2 atom stereocenters. The van der Waals surface area contributed by atoms with Gasteiger partial charge in [-0.05, 0) is 25.8 Å². The Bertz CT molecular complexity index is 416. The van der Waals surface area contributed by atoms with Crippen LogP contribution in [0.5, 0.6) is 0 Å². The van der Waals surface area contributed by atoms with Gasteiger partial charge in [-0.1, -0.05) is 64.7 Å². The fourth-order valence-corrected chi connectivity index (χ4v) is 3.57. The molecule has 0 radical (unpaired) electrons. The summed E-state index contributed by atoms with van der Waals surface area (Å²) < 4.78 is 0. The lowest BCUT2D eigenvalue weighted by Gasteiger charge is -2.43. The predicted octanol–water partition coefficient (Wildman–Crippen LogP) is 3.41. The van der Waals surface area contributed by atoms with Crippen LogP contribution in [0.1, 0.15) is 84.0 Å². The van der Waals surface area contributed by atoms with E-state index in [1.54, 1.807) is 4.90 Å². The second-order valence-electron chi connectivity index (χ2n) is 7.60. The Labute approximate surface area is 165 Å². The van der Waals surface area contributed by atoms with Crippen LogP contribution in [0.4, 0.5) is 0 Å². The fourth-order valence-electron chi connectivity index (χ4n) is 3.57. The number of unbranched alkanes of at least 4 members (excludes halogenated alkanes) is 9. The first-order chi connectivity index (χ1) is 12.2. The van der Waals surface area contributed by atoms with E-state index in [1.165, 1.54) is 57.8 Å². The predicted molar refractivity (Wildman–Crippen MR) is 109 cm³/mol. The highest BCUT2D eigenvalue weighted by atomic mass is 35.5. The first-order valence-corrected chi connectivity index (χ1v) is 10.6. The molecular weight excluding hydrogens is 350 g/mol. The van der Waals surface area contributed by atoms with E-state index >= 15 is 0 Å². The molecule has 0 saturated carbocycles. The maximum atomic E-state index is 12.2. The van der Waals surface area contributed by atoms with Crippen molar-refractivity contribution in [1.82, 2.24) is 15.5 Å². The maximum Gasteiger partial charge on any atom is 0.242 e. The van der Waals surface area contributed by atoms with E-state index in [4.69, 9.17) is 0 Å². The lowest BCUT2D eigenvalue weighted by Crippen LogP contribution is -2.64. The van der Waals surface area contributed by atoms with Crippen molar-refractivity contribution >= 4 is 24.2 Å². The lowest BCUT2D eigenvalue weighted by atomic mass is 9.97. The van der Waals surface area contributed by atoms with Gasteiger partial charge in [-0.2, -0.15) is 0 Å². The van der Waals surface area contributed by atoms with Crippen molar-refractivity contribution in [2.45, 2.75) is 96.1 Å². The van der Waals surface area contributed by atoms with Crippen LogP contribution in [0.2, 0.25) is 0 Å². The number of hydrogen-bond donors (Lipinski definition) is 2. The molecule has 2 rings (SSSR count). The number of carbonyl (C=O) groups excluding carboxylic acids is 2. The molecular formula is C20H38ClN3O2. The summed E-state index contributed by atoms with van der Waals surface area (Å²) in [5, 5.41) is 6.14. The number of halogens is 1. The van der Waals surface area contributed by atoms with Crippen LogP contribution in [0.15, 0.2) is 0 Å². The fraction of sp³-hybridized carbons (Fsp3) is 0.900. The van der Waals surface area contributed by atoms with Crippen LogP contribution in [0.25, 0.3) is 0 Å². The minimum absolute atomic E-state index is 0. The molecule has 2 aliphatic rings.